The predicted octanol–water partition coefficient (Wildman–Crippen LogP) is 9.06. The van der Waals surface area contributed by atoms with Crippen molar-refractivity contribution in [2.75, 3.05) is 59.4 Å². The molecule has 2 aliphatic heterocycles. The predicted molar refractivity (Wildman–Crippen MR) is 221 cm³/mol. The Balaban J connectivity index is 1.37. The molecule has 2 aliphatic rings. The molecule has 0 saturated carbocycles. The molecule has 1 aromatic carbocycles. The maximum atomic E-state index is 13.9. The third kappa shape index (κ3) is 13.8. The lowest BCUT2D eigenvalue weighted by Gasteiger charge is -2.27. The van der Waals surface area contributed by atoms with Crippen molar-refractivity contribution >= 4 is 38.8 Å². The molecule has 0 N–H and O–H groups in total. The quantitative estimate of drug-likeness (QED) is 0.133. The van der Waals surface area contributed by atoms with Crippen molar-refractivity contribution < 1.29 is 4.79 Å². The first kappa shape index (κ1) is 41.3. The average Bonchev–Trinajstić information content (AvgIpc) is 3.26. The highest BCUT2D eigenvalue weighted by Gasteiger charge is 2.29. The number of pyridine rings is 1. The topological polar surface area (TPSA) is 55.3 Å². The van der Waals surface area contributed by atoms with Gasteiger partial charge in [0, 0.05) is 53.9 Å². The third-order valence-electron chi connectivity index (χ3n) is 10.2. The van der Waals surface area contributed by atoms with Crippen LogP contribution in [0.4, 0.5) is 0 Å². The summed E-state index contributed by atoms with van der Waals surface area (Å²) in [5, 5.41) is 1.08. The first-order valence-electron chi connectivity index (χ1n) is 19.5. The summed E-state index contributed by atoms with van der Waals surface area (Å²) in [6.45, 7) is 17.2. The molecule has 2 atom stereocenters. The molecule has 51 heavy (non-hydrogen) atoms. The van der Waals surface area contributed by atoms with Crippen molar-refractivity contribution in [1.29, 1.82) is 0 Å². The first-order valence-corrected chi connectivity index (χ1v) is 21.3. The van der Waals surface area contributed by atoms with Crippen LogP contribution in [0.1, 0.15) is 90.3 Å². The molecule has 2 aromatic rings. The zero-order chi connectivity index (χ0) is 36.4. The average molecular weight is 780 g/mol. The lowest BCUT2D eigenvalue weighted by atomic mass is 10.00. The van der Waals surface area contributed by atoms with E-state index in [0.717, 1.165) is 111 Å². The number of rotatable bonds is 19. The second kappa shape index (κ2) is 22.6. The van der Waals surface area contributed by atoms with Gasteiger partial charge in [-0.3, -0.25) is 9.78 Å². The Kier molecular flexibility index (Phi) is 18.3. The molecule has 0 bridgehead atoms. The summed E-state index contributed by atoms with van der Waals surface area (Å²) >= 11 is 5.45. The Hall–Kier alpha value is -2.46. The molecule has 9 heteroatoms. The molecule has 280 valence electrons. The third-order valence-corrected chi connectivity index (χ3v) is 11.7. The van der Waals surface area contributed by atoms with Crippen LogP contribution in [0.25, 0.3) is 0 Å². The van der Waals surface area contributed by atoms with Crippen molar-refractivity contribution in [3.8, 4) is 0 Å². The number of aromatic nitrogens is 1. The number of hydrogen-bond acceptors (Lipinski definition) is 7. The Morgan fingerprint density at radius 1 is 1.06 bits per heavy atom. The minimum absolute atomic E-state index is 0.172. The Morgan fingerprint density at radius 3 is 2.65 bits per heavy atom. The molecule has 0 aliphatic carbocycles. The van der Waals surface area contributed by atoms with Crippen LogP contribution in [0.5, 0.6) is 0 Å². The summed E-state index contributed by atoms with van der Waals surface area (Å²) in [5.41, 5.74) is 4.44. The van der Waals surface area contributed by atoms with E-state index in [1.54, 1.807) is 0 Å². The van der Waals surface area contributed by atoms with Gasteiger partial charge in [0.2, 0.25) is 5.91 Å². The number of allylic oxidation sites excluding steroid dienone is 2. The van der Waals surface area contributed by atoms with E-state index in [2.05, 4.69) is 124 Å². The number of aryl methyl sites for hydroxylation is 1. The number of thioether (sulfide) groups is 1. The number of benzene rings is 1. The lowest BCUT2D eigenvalue weighted by molar-refractivity contribution is -0.127. The minimum atomic E-state index is 0.172. The van der Waals surface area contributed by atoms with Crippen LogP contribution in [-0.2, 0) is 17.0 Å². The van der Waals surface area contributed by atoms with Crippen molar-refractivity contribution in [3.63, 3.8) is 0 Å². The van der Waals surface area contributed by atoms with Gasteiger partial charge in [-0.2, -0.15) is 0 Å². The van der Waals surface area contributed by atoms with Crippen LogP contribution in [0, 0.1) is 5.92 Å². The number of hydrogen-bond donors (Lipinski definition) is 0. The highest BCUT2D eigenvalue weighted by molar-refractivity contribution is 9.10. The number of carbonyl (C=O) groups excluding carboxylic acids is 1. The minimum Gasteiger partial charge on any atom is -0.343 e. The van der Waals surface area contributed by atoms with Crippen molar-refractivity contribution in [2.45, 2.75) is 97.3 Å². The van der Waals surface area contributed by atoms with Gasteiger partial charge in [-0.15, -0.1) is 0 Å². The molecule has 1 saturated heterocycles. The molecule has 2 unspecified atom stereocenters. The zero-order valence-electron chi connectivity index (χ0n) is 32.0. The highest BCUT2D eigenvalue weighted by Crippen LogP contribution is 2.30. The van der Waals surface area contributed by atoms with E-state index < -0.39 is 0 Å². The summed E-state index contributed by atoms with van der Waals surface area (Å²) < 4.78 is 1.10. The number of carbonyl (C=O) groups is 1. The maximum absolute atomic E-state index is 13.9. The molecule has 4 rings (SSSR count). The number of amidine groups is 1. The molecular formula is C42H63BrN6OS. The van der Waals surface area contributed by atoms with Gasteiger partial charge in [0.1, 0.15) is 0 Å². The number of halogens is 1. The molecule has 1 fully saturated rings. The summed E-state index contributed by atoms with van der Waals surface area (Å²) in [7, 11) is 2.23. The van der Waals surface area contributed by atoms with E-state index >= 15 is 0 Å². The van der Waals surface area contributed by atoms with Gasteiger partial charge in [-0.05, 0) is 134 Å². The molecular weight excluding hydrogens is 716 g/mol. The fourth-order valence-corrected chi connectivity index (χ4v) is 8.73. The van der Waals surface area contributed by atoms with Crippen molar-refractivity contribution in [1.82, 2.24) is 24.6 Å². The summed E-state index contributed by atoms with van der Waals surface area (Å²) in [5.74, 6) is 1.76. The summed E-state index contributed by atoms with van der Waals surface area (Å²) in [6, 6.07) is 14.9. The summed E-state index contributed by atoms with van der Waals surface area (Å²) in [4.78, 5) is 33.3. The van der Waals surface area contributed by atoms with E-state index in [9.17, 15) is 4.79 Å². The van der Waals surface area contributed by atoms with Gasteiger partial charge in [-0.1, -0.05) is 78.8 Å². The molecule has 7 nitrogen and oxygen atoms in total. The molecule has 1 amide bonds. The second-order valence-corrected chi connectivity index (χ2v) is 16.1. The van der Waals surface area contributed by atoms with Gasteiger partial charge in [0.15, 0.2) is 5.17 Å². The van der Waals surface area contributed by atoms with E-state index in [1.165, 1.54) is 30.6 Å². The molecule has 1 aromatic heterocycles. The molecule has 0 spiro atoms. The van der Waals surface area contributed by atoms with Crippen LogP contribution < -0.4 is 0 Å². The monoisotopic (exact) mass is 778 g/mol. The van der Waals surface area contributed by atoms with Crippen LogP contribution >= 0.6 is 27.7 Å². The van der Waals surface area contributed by atoms with Crippen LogP contribution in [-0.4, -0.2) is 101 Å². The Morgan fingerprint density at radius 2 is 1.90 bits per heavy atom. The first-order chi connectivity index (χ1) is 24.8. The maximum Gasteiger partial charge on any atom is 0.249 e. The number of nitrogens with zero attached hydrogens (tertiary/aromatic N) is 6. The van der Waals surface area contributed by atoms with E-state index in [1.807, 2.05) is 24.0 Å². The Labute approximate surface area is 322 Å². The van der Waals surface area contributed by atoms with Crippen LogP contribution in [0.2, 0.25) is 0 Å². The standard InChI is InChI=1S/C42H63BrN6OS/c1-6-15-37(41(50)48-28-12-17-35(23-30-48)32-47(8-3)25-7-2)21-22-40-34(4)49(42(45-40)51-33-36-16-11-18-38(43)31-36)29-14-27-46(5)26-13-20-39-19-9-10-24-44-39/h9-11,15-16,18-19,22,24,31,34-35H,6-8,12-14,17,20-21,23,25-30,32-33H2,1-5H3/b37-15+,40-22+. The fourth-order valence-electron chi connectivity index (χ4n) is 7.22. The van der Waals surface area contributed by atoms with Crippen LogP contribution in [0.15, 0.2) is 81.5 Å². The SMILES string of the molecule is CC/C=C(\C/C=C1/N=C(SCc2cccc(Br)c2)N(CCCN(C)CCCc2ccccn2)C1C)C(=O)N1CCCC(CN(CC)CCC)CC1. The number of amides is 1. The number of likely N-dealkylation sites (tertiary alicyclic amines) is 1. The fraction of sp³-hybridized carbons (Fsp3) is 0.595. The largest absolute Gasteiger partial charge is 0.343 e. The lowest BCUT2D eigenvalue weighted by Crippen LogP contribution is -2.35. The zero-order valence-corrected chi connectivity index (χ0v) is 34.4. The molecule has 3 heterocycles. The summed E-state index contributed by atoms with van der Waals surface area (Å²) in [6.07, 6.45) is 15.5. The van der Waals surface area contributed by atoms with E-state index in [-0.39, 0.29) is 11.9 Å². The van der Waals surface area contributed by atoms with E-state index in [0.29, 0.717) is 12.3 Å². The van der Waals surface area contributed by atoms with Crippen molar-refractivity contribution in [2.24, 2.45) is 10.9 Å². The van der Waals surface area contributed by atoms with Gasteiger partial charge in [-0.25, -0.2) is 4.99 Å². The highest BCUT2D eigenvalue weighted by atomic mass is 79.9. The van der Waals surface area contributed by atoms with Crippen LogP contribution in [0.3, 0.4) is 0 Å². The van der Waals surface area contributed by atoms with Gasteiger partial charge in [0.25, 0.3) is 0 Å². The van der Waals surface area contributed by atoms with E-state index in [4.69, 9.17) is 4.99 Å². The number of aliphatic imine (C=N–C) groups is 1. The van der Waals surface area contributed by atoms with Gasteiger partial charge >= 0.3 is 0 Å². The smallest absolute Gasteiger partial charge is 0.249 e. The second-order valence-electron chi connectivity index (χ2n) is 14.2. The Bertz CT molecular complexity index is 1430. The normalized spacial score (nSPS) is 19.3. The van der Waals surface area contributed by atoms with Crippen molar-refractivity contribution in [3.05, 3.63) is 87.8 Å². The molecule has 0 radical (unpaired) electrons. The van der Waals surface area contributed by atoms with Gasteiger partial charge in [0.05, 0.1) is 11.7 Å². The van der Waals surface area contributed by atoms with Gasteiger partial charge < -0.3 is 19.6 Å².